The first kappa shape index (κ1) is 12.8. The summed E-state index contributed by atoms with van der Waals surface area (Å²) < 4.78 is 0. The number of carbonyl (C=O) groups is 1. The van der Waals surface area contributed by atoms with Crippen molar-refractivity contribution < 1.29 is 9.90 Å². The number of allylic oxidation sites excluding steroid dienone is 1. The van der Waals surface area contributed by atoms with Crippen LogP contribution in [0.25, 0.3) is 0 Å². The van der Waals surface area contributed by atoms with Gasteiger partial charge < -0.3 is 15.8 Å². The molecule has 0 spiro atoms. The topological polar surface area (TPSA) is 86.1 Å². The van der Waals surface area contributed by atoms with Crippen molar-refractivity contribution in [3.05, 3.63) is 36.2 Å². The summed E-state index contributed by atoms with van der Waals surface area (Å²) in [5.41, 5.74) is 0.124. The zero-order valence-electron chi connectivity index (χ0n) is 8.40. The average molecular weight is 207 g/mol. The summed E-state index contributed by atoms with van der Waals surface area (Å²) in [4.78, 5) is 14.5. The monoisotopic (exact) mass is 207 g/mol. The van der Waals surface area contributed by atoms with Gasteiger partial charge in [0.2, 0.25) is 0 Å². The van der Waals surface area contributed by atoms with Crippen LogP contribution in [0.5, 0.6) is 0 Å². The van der Waals surface area contributed by atoms with Crippen LogP contribution < -0.4 is 5.32 Å². The molecule has 0 aliphatic heterocycles. The van der Waals surface area contributed by atoms with Gasteiger partial charge in [-0.1, -0.05) is 12.1 Å². The molecule has 0 amide bonds. The van der Waals surface area contributed by atoms with Crippen molar-refractivity contribution in [1.82, 2.24) is 4.98 Å². The molecule has 0 saturated carbocycles. The predicted octanol–water partition coefficient (Wildman–Crippen LogP) is 1.75. The SMILES string of the molecule is C/C=C(\Nc1ccccn1)C(=O)O.C=N. The van der Waals surface area contributed by atoms with Gasteiger partial charge in [0.25, 0.3) is 0 Å². The molecule has 5 nitrogen and oxygen atoms in total. The van der Waals surface area contributed by atoms with Gasteiger partial charge in [0, 0.05) is 6.20 Å². The Balaban J connectivity index is 0.000000921. The van der Waals surface area contributed by atoms with Crippen molar-refractivity contribution >= 4 is 18.5 Å². The maximum Gasteiger partial charge on any atom is 0.352 e. The highest BCUT2D eigenvalue weighted by atomic mass is 16.4. The molecule has 15 heavy (non-hydrogen) atoms. The third kappa shape index (κ3) is 4.56. The summed E-state index contributed by atoms with van der Waals surface area (Å²) in [7, 11) is 0. The number of carboxylic acid groups (broad SMARTS) is 1. The Labute approximate surface area is 88.0 Å². The van der Waals surface area contributed by atoms with Crippen molar-refractivity contribution in [1.29, 1.82) is 5.41 Å². The Morgan fingerprint density at radius 3 is 2.67 bits per heavy atom. The van der Waals surface area contributed by atoms with Crippen LogP contribution >= 0.6 is 0 Å². The fraction of sp³-hybridized carbons (Fsp3) is 0.100. The molecule has 0 fully saturated rings. The van der Waals surface area contributed by atoms with Crippen LogP contribution in [0.1, 0.15) is 6.92 Å². The molecule has 0 atom stereocenters. The molecule has 1 rings (SSSR count). The van der Waals surface area contributed by atoms with Crippen molar-refractivity contribution in [3.8, 4) is 0 Å². The molecule has 5 heteroatoms. The third-order valence-corrected chi connectivity index (χ3v) is 1.45. The second-order valence-electron chi connectivity index (χ2n) is 2.35. The average Bonchev–Trinajstić information content (AvgIpc) is 2.29. The molecule has 3 N–H and O–H groups in total. The molecular weight excluding hydrogens is 194 g/mol. The summed E-state index contributed by atoms with van der Waals surface area (Å²) >= 11 is 0. The Morgan fingerprint density at radius 2 is 2.27 bits per heavy atom. The number of nitrogens with zero attached hydrogens (tertiary/aromatic N) is 1. The number of hydrogen-bond acceptors (Lipinski definition) is 4. The lowest BCUT2D eigenvalue weighted by molar-refractivity contribution is -0.132. The highest BCUT2D eigenvalue weighted by Gasteiger charge is 2.05. The molecule has 0 unspecified atom stereocenters. The zero-order valence-corrected chi connectivity index (χ0v) is 8.40. The Morgan fingerprint density at radius 1 is 1.60 bits per heavy atom. The molecule has 80 valence electrons. The van der Waals surface area contributed by atoms with Gasteiger partial charge in [-0.3, -0.25) is 0 Å². The first-order valence-electron chi connectivity index (χ1n) is 4.17. The van der Waals surface area contributed by atoms with Crippen molar-refractivity contribution in [2.45, 2.75) is 6.92 Å². The number of pyridine rings is 1. The minimum absolute atomic E-state index is 0.124. The van der Waals surface area contributed by atoms with E-state index >= 15 is 0 Å². The van der Waals surface area contributed by atoms with Gasteiger partial charge in [-0.05, 0) is 25.8 Å². The van der Waals surface area contributed by atoms with Crippen LogP contribution in [0.4, 0.5) is 5.82 Å². The van der Waals surface area contributed by atoms with Gasteiger partial charge in [-0.25, -0.2) is 9.78 Å². The van der Waals surface area contributed by atoms with Crippen molar-refractivity contribution in [2.24, 2.45) is 0 Å². The van der Waals surface area contributed by atoms with Gasteiger partial charge in [-0.15, -0.1) is 0 Å². The lowest BCUT2D eigenvalue weighted by atomic mass is 10.4. The Bertz CT molecular complexity index is 336. The van der Waals surface area contributed by atoms with E-state index in [1.54, 1.807) is 31.3 Å². The smallest absolute Gasteiger partial charge is 0.352 e. The van der Waals surface area contributed by atoms with E-state index < -0.39 is 5.97 Å². The van der Waals surface area contributed by atoms with E-state index in [4.69, 9.17) is 10.5 Å². The van der Waals surface area contributed by atoms with Crippen LogP contribution in [0.3, 0.4) is 0 Å². The second kappa shape index (κ2) is 7.25. The van der Waals surface area contributed by atoms with Crippen LogP contribution in [-0.2, 0) is 4.79 Å². The van der Waals surface area contributed by atoms with Gasteiger partial charge >= 0.3 is 5.97 Å². The van der Waals surface area contributed by atoms with Gasteiger partial charge in [0.05, 0.1) is 0 Å². The first-order chi connectivity index (χ1) is 7.24. The largest absolute Gasteiger partial charge is 0.477 e. The molecular formula is C10H13N3O2. The van der Waals surface area contributed by atoms with E-state index in [1.807, 2.05) is 0 Å². The number of hydrogen-bond donors (Lipinski definition) is 3. The number of anilines is 1. The van der Waals surface area contributed by atoms with Crippen LogP contribution in [0.2, 0.25) is 0 Å². The lowest BCUT2D eigenvalue weighted by Gasteiger charge is -2.03. The summed E-state index contributed by atoms with van der Waals surface area (Å²) in [6.07, 6.45) is 3.08. The van der Waals surface area contributed by atoms with Crippen LogP contribution in [0.15, 0.2) is 36.2 Å². The normalized spacial score (nSPS) is 9.80. The van der Waals surface area contributed by atoms with E-state index in [9.17, 15) is 4.79 Å². The predicted molar refractivity (Wildman–Crippen MR) is 59.1 cm³/mol. The van der Waals surface area contributed by atoms with Gasteiger partial charge in [0.1, 0.15) is 11.5 Å². The summed E-state index contributed by atoms with van der Waals surface area (Å²) in [6, 6.07) is 5.25. The number of aliphatic carboxylic acids is 1. The summed E-state index contributed by atoms with van der Waals surface area (Å²) in [6.45, 7) is 4.15. The molecule has 0 aliphatic carbocycles. The molecule has 1 heterocycles. The summed E-state index contributed by atoms with van der Waals surface area (Å²) in [5.74, 6) is -0.467. The maximum atomic E-state index is 10.6. The third-order valence-electron chi connectivity index (χ3n) is 1.45. The van der Waals surface area contributed by atoms with Crippen molar-refractivity contribution in [2.75, 3.05) is 5.32 Å². The van der Waals surface area contributed by atoms with E-state index in [0.29, 0.717) is 5.82 Å². The number of rotatable bonds is 3. The molecule has 0 saturated heterocycles. The molecule has 0 radical (unpaired) electrons. The molecule has 1 aromatic rings. The number of nitrogens with one attached hydrogen (secondary N) is 2. The van der Waals surface area contributed by atoms with E-state index in [-0.39, 0.29) is 5.70 Å². The quantitative estimate of drug-likeness (QED) is 0.520. The Hall–Kier alpha value is -2.17. The molecule has 0 bridgehead atoms. The minimum atomic E-state index is -0.992. The maximum absolute atomic E-state index is 10.6. The van der Waals surface area contributed by atoms with Gasteiger partial charge in [-0.2, -0.15) is 0 Å². The number of aromatic nitrogens is 1. The fourth-order valence-electron chi connectivity index (χ4n) is 0.824. The zero-order chi connectivity index (χ0) is 11.7. The van der Waals surface area contributed by atoms with Crippen LogP contribution in [0, 0.1) is 5.41 Å². The highest BCUT2D eigenvalue weighted by molar-refractivity contribution is 5.89. The molecule has 1 aromatic heterocycles. The molecule has 0 aromatic carbocycles. The second-order valence-corrected chi connectivity index (χ2v) is 2.35. The van der Waals surface area contributed by atoms with E-state index in [0.717, 1.165) is 0 Å². The van der Waals surface area contributed by atoms with E-state index in [1.165, 1.54) is 6.08 Å². The van der Waals surface area contributed by atoms with Gasteiger partial charge in [0.15, 0.2) is 0 Å². The lowest BCUT2D eigenvalue weighted by Crippen LogP contribution is -2.10. The molecule has 0 aliphatic rings. The van der Waals surface area contributed by atoms with E-state index in [2.05, 4.69) is 17.0 Å². The minimum Gasteiger partial charge on any atom is -0.477 e. The number of carboxylic acids is 1. The fourth-order valence-corrected chi connectivity index (χ4v) is 0.824. The first-order valence-corrected chi connectivity index (χ1v) is 4.17. The standard InChI is InChI=1S/C9H10N2O2.CH3N/c1-2-7(9(12)13)11-8-5-3-4-6-10-8;1-2/h2-6H,1H3,(H,10,11)(H,12,13);2H,1H2/b7-2-;. The highest BCUT2D eigenvalue weighted by Crippen LogP contribution is 2.04. The van der Waals surface area contributed by atoms with Crippen LogP contribution in [-0.4, -0.2) is 22.8 Å². The summed E-state index contributed by atoms with van der Waals surface area (Å²) in [5, 5.41) is 16.9. The van der Waals surface area contributed by atoms with Crippen molar-refractivity contribution in [3.63, 3.8) is 0 Å². The Kier molecular flexibility index (Phi) is 6.20.